The standard InChI is InChI=1S/C15H23NO/c1-11-6-7-15(14(8-11)12(2)9-16)17-10-13-4-3-5-13/h6-8,12-13H,3-5,9-10,16H2,1-2H3. The van der Waals surface area contributed by atoms with E-state index in [4.69, 9.17) is 10.5 Å². The van der Waals surface area contributed by atoms with Gasteiger partial charge in [0, 0.05) is 0 Å². The van der Waals surface area contributed by atoms with Gasteiger partial charge in [0.15, 0.2) is 0 Å². The van der Waals surface area contributed by atoms with E-state index in [0.717, 1.165) is 18.3 Å². The van der Waals surface area contributed by atoms with Crippen LogP contribution in [-0.4, -0.2) is 13.2 Å². The summed E-state index contributed by atoms with van der Waals surface area (Å²) < 4.78 is 5.96. The van der Waals surface area contributed by atoms with Crippen LogP contribution in [0.1, 0.15) is 43.2 Å². The lowest BCUT2D eigenvalue weighted by molar-refractivity contribution is 0.179. The van der Waals surface area contributed by atoms with Crippen LogP contribution in [0.5, 0.6) is 5.75 Å². The minimum absolute atomic E-state index is 0.367. The second-order valence-corrected chi connectivity index (χ2v) is 5.29. The lowest BCUT2D eigenvalue weighted by Gasteiger charge is -2.26. The van der Waals surface area contributed by atoms with Crippen molar-refractivity contribution in [2.24, 2.45) is 11.7 Å². The molecule has 0 radical (unpaired) electrons. The van der Waals surface area contributed by atoms with Gasteiger partial charge >= 0.3 is 0 Å². The molecule has 17 heavy (non-hydrogen) atoms. The van der Waals surface area contributed by atoms with Crippen molar-refractivity contribution in [1.82, 2.24) is 0 Å². The van der Waals surface area contributed by atoms with E-state index >= 15 is 0 Å². The summed E-state index contributed by atoms with van der Waals surface area (Å²) in [6, 6.07) is 6.41. The first-order valence-electron chi connectivity index (χ1n) is 6.64. The summed E-state index contributed by atoms with van der Waals surface area (Å²) in [6.07, 6.45) is 4.02. The van der Waals surface area contributed by atoms with Gasteiger partial charge < -0.3 is 10.5 Å². The third-order valence-corrected chi connectivity index (χ3v) is 3.75. The third kappa shape index (κ3) is 3.01. The Hall–Kier alpha value is -1.02. The quantitative estimate of drug-likeness (QED) is 0.847. The monoisotopic (exact) mass is 233 g/mol. The molecule has 0 aliphatic heterocycles. The molecule has 94 valence electrons. The van der Waals surface area contributed by atoms with Crippen LogP contribution in [-0.2, 0) is 0 Å². The molecule has 0 bridgehead atoms. The summed E-state index contributed by atoms with van der Waals surface area (Å²) in [4.78, 5) is 0. The van der Waals surface area contributed by atoms with Crippen LogP contribution < -0.4 is 10.5 Å². The minimum atomic E-state index is 0.367. The Bertz CT molecular complexity index is 371. The number of rotatable bonds is 5. The summed E-state index contributed by atoms with van der Waals surface area (Å²) >= 11 is 0. The smallest absolute Gasteiger partial charge is 0.122 e. The molecular formula is C15H23NO. The average Bonchev–Trinajstić information content (AvgIpc) is 2.27. The van der Waals surface area contributed by atoms with Crippen molar-refractivity contribution >= 4 is 0 Å². The van der Waals surface area contributed by atoms with Crippen LogP contribution in [0.2, 0.25) is 0 Å². The van der Waals surface area contributed by atoms with Crippen LogP contribution in [0, 0.1) is 12.8 Å². The van der Waals surface area contributed by atoms with Crippen molar-refractivity contribution in [3.05, 3.63) is 29.3 Å². The van der Waals surface area contributed by atoms with E-state index in [1.807, 2.05) is 0 Å². The molecule has 2 N–H and O–H groups in total. The van der Waals surface area contributed by atoms with Gasteiger partial charge in [0.1, 0.15) is 5.75 Å². The van der Waals surface area contributed by atoms with Crippen LogP contribution in [0.25, 0.3) is 0 Å². The number of hydrogen-bond acceptors (Lipinski definition) is 2. The lowest BCUT2D eigenvalue weighted by Crippen LogP contribution is -2.20. The minimum Gasteiger partial charge on any atom is -0.493 e. The zero-order valence-electron chi connectivity index (χ0n) is 10.9. The van der Waals surface area contributed by atoms with Gasteiger partial charge in [0.05, 0.1) is 6.61 Å². The fourth-order valence-corrected chi connectivity index (χ4v) is 2.18. The molecule has 2 heteroatoms. The van der Waals surface area contributed by atoms with Gasteiger partial charge in [0.2, 0.25) is 0 Å². The summed E-state index contributed by atoms with van der Waals surface area (Å²) in [5.74, 6) is 2.17. The highest BCUT2D eigenvalue weighted by atomic mass is 16.5. The summed E-state index contributed by atoms with van der Waals surface area (Å²) in [5.41, 5.74) is 8.29. The Morgan fingerprint density at radius 1 is 1.41 bits per heavy atom. The number of nitrogens with two attached hydrogens (primary N) is 1. The molecule has 0 aromatic heterocycles. The Morgan fingerprint density at radius 3 is 2.76 bits per heavy atom. The summed E-state index contributed by atoms with van der Waals surface area (Å²) in [7, 11) is 0. The largest absolute Gasteiger partial charge is 0.493 e. The molecule has 2 rings (SSSR count). The molecule has 1 aliphatic rings. The van der Waals surface area contributed by atoms with E-state index in [9.17, 15) is 0 Å². The Morgan fingerprint density at radius 2 is 2.18 bits per heavy atom. The summed E-state index contributed by atoms with van der Waals surface area (Å²) in [6.45, 7) is 5.81. The lowest BCUT2D eigenvalue weighted by atomic mass is 9.86. The molecule has 1 atom stereocenters. The molecule has 2 nitrogen and oxygen atoms in total. The van der Waals surface area contributed by atoms with Crippen LogP contribution in [0.4, 0.5) is 0 Å². The maximum Gasteiger partial charge on any atom is 0.122 e. The van der Waals surface area contributed by atoms with Crippen molar-refractivity contribution in [2.75, 3.05) is 13.2 Å². The van der Waals surface area contributed by atoms with Gasteiger partial charge in [-0.3, -0.25) is 0 Å². The molecule has 1 saturated carbocycles. The predicted molar refractivity (Wildman–Crippen MR) is 71.5 cm³/mol. The van der Waals surface area contributed by atoms with Crippen LogP contribution in [0.3, 0.4) is 0 Å². The normalized spacial score (nSPS) is 17.6. The maximum atomic E-state index is 5.96. The molecular weight excluding hydrogens is 210 g/mol. The molecule has 0 heterocycles. The van der Waals surface area contributed by atoms with E-state index in [0.29, 0.717) is 12.5 Å². The Kier molecular flexibility index (Phi) is 4.06. The average molecular weight is 233 g/mol. The zero-order chi connectivity index (χ0) is 12.3. The highest BCUT2D eigenvalue weighted by Gasteiger charge is 2.19. The van der Waals surface area contributed by atoms with E-state index in [1.54, 1.807) is 0 Å². The molecule has 1 unspecified atom stereocenters. The molecule has 1 aliphatic carbocycles. The molecule has 0 spiro atoms. The first-order valence-corrected chi connectivity index (χ1v) is 6.64. The predicted octanol–water partition coefficient (Wildman–Crippen LogP) is 3.24. The fourth-order valence-electron chi connectivity index (χ4n) is 2.18. The number of hydrogen-bond donors (Lipinski definition) is 1. The van der Waals surface area contributed by atoms with Crippen molar-refractivity contribution in [3.63, 3.8) is 0 Å². The summed E-state index contributed by atoms with van der Waals surface area (Å²) in [5, 5.41) is 0. The third-order valence-electron chi connectivity index (χ3n) is 3.75. The van der Waals surface area contributed by atoms with Crippen molar-refractivity contribution in [3.8, 4) is 5.75 Å². The molecule has 1 fully saturated rings. The highest BCUT2D eigenvalue weighted by Crippen LogP contribution is 2.31. The highest BCUT2D eigenvalue weighted by molar-refractivity contribution is 5.39. The van der Waals surface area contributed by atoms with Gasteiger partial charge in [0.25, 0.3) is 0 Å². The Balaban J connectivity index is 2.07. The van der Waals surface area contributed by atoms with Crippen LogP contribution in [0.15, 0.2) is 18.2 Å². The SMILES string of the molecule is Cc1ccc(OCC2CCC2)c(C(C)CN)c1. The topological polar surface area (TPSA) is 35.2 Å². The molecule has 0 saturated heterocycles. The number of aryl methyl sites for hydroxylation is 1. The van der Waals surface area contributed by atoms with Gasteiger partial charge in [-0.2, -0.15) is 0 Å². The van der Waals surface area contributed by atoms with Crippen molar-refractivity contribution in [1.29, 1.82) is 0 Å². The van der Waals surface area contributed by atoms with Crippen molar-refractivity contribution < 1.29 is 4.74 Å². The second kappa shape index (κ2) is 5.54. The number of benzene rings is 1. The first kappa shape index (κ1) is 12.4. The van der Waals surface area contributed by atoms with E-state index < -0.39 is 0 Å². The fraction of sp³-hybridized carbons (Fsp3) is 0.600. The van der Waals surface area contributed by atoms with Crippen molar-refractivity contribution in [2.45, 2.75) is 39.0 Å². The number of ether oxygens (including phenoxy) is 1. The molecule has 0 amide bonds. The zero-order valence-corrected chi connectivity index (χ0v) is 10.9. The van der Waals surface area contributed by atoms with E-state index in [2.05, 4.69) is 32.0 Å². The van der Waals surface area contributed by atoms with Gasteiger partial charge in [-0.05, 0) is 49.8 Å². The Labute approximate surface area is 104 Å². The van der Waals surface area contributed by atoms with Crippen LogP contribution >= 0.6 is 0 Å². The van der Waals surface area contributed by atoms with Gasteiger partial charge in [-0.25, -0.2) is 0 Å². The van der Waals surface area contributed by atoms with Gasteiger partial charge in [-0.1, -0.05) is 31.0 Å². The van der Waals surface area contributed by atoms with Gasteiger partial charge in [-0.15, -0.1) is 0 Å². The molecule has 1 aromatic rings. The maximum absolute atomic E-state index is 5.96. The first-order chi connectivity index (χ1) is 8.20. The second-order valence-electron chi connectivity index (χ2n) is 5.29. The van der Waals surface area contributed by atoms with E-state index in [1.165, 1.54) is 30.4 Å². The van der Waals surface area contributed by atoms with E-state index in [-0.39, 0.29) is 0 Å². The molecule has 1 aromatic carbocycles.